The van der Waals surface area contributed by atoms with Crippen LogP contribution in [0.4, 0.5) is 35.1 Å². The van der Waals surface area contributed by atoms with Gasteiger partial charge in [0.2, 0.25) is 5.91 Å². The van der Waals surface area contributed by atoms with E-state index in [0.717, 1.165) is 30.7 Å². The molecule has 0 spiro atoms. The van der Waals surface area contributed by atoms with Gasteiger partial charge >= 0.3 is 18.0 Å². The minimum Gasteiger partial charge on any atom is -0.338 e. The van der Waals surface area contributed by atoms with Crippen LogP contribution < -0.4 is 0 Å². The number of allylic oxidation sites excluding steroid dienone is 4. The molecule has 220 valence electrons. The summed E-state index contributed by atoms with van der Waals surface area (Å²) in [5, 5.41) is 0. The molecule has 5 rings (SSSR count). The zero-order valence-corrected chi connectivity index (χ0v) is 22.2. The fourth-order valence-corrected chi connectivity index (χ4v) is 9.83. The lowest BCUT2D eigenvalue weighted by Crippen LogP contribution is -2.64. The minimum atomic E-state index is -6.31. The van der Waals surface area contributed by atoms with Gasteiger partial charge in [0, 0.05) is 23.5 Å². The first-order valence-electron chi connectivity index (χ1n) is 13.0. The highest BCUT2D eigenvalue weighted by Crippen LogP contribution is 2.64. The van der Waals surface area contributed by atoms with Gasteiger partial charge in [-0.2, -0.15) is 26.3 Å². The van der Waals surface area contributed by atoms with Gasteiger partial charge in [-0.15, -0.1) is 0 Å². The molecule has 1 amide bonds. The van der Waals surface area contributed by atoms with E-state index >= 15 is 4.39 Å². The SMILES string of the molecule is CC12CC=C(C(F)(C(F)(F)F)C(F)(F)F)C=C1CC[C@@H]1N(C(=O)C3CCC3)CC[C@@]12S(=O)(=O)c1ccc(F)cc1. The maximum absolute atomic E-state index is 15.0. The topological polar surface area (TPSA) is 54.5 Å². The number of benzene rings is 1. The highest BCUT2D eigenvalue weighted by atomic mass is 32.2. The highest BCUT2D eigenvalue weighted by Gasteiger charge is 2.75. The summed E-state index contributed by atoms with van der Waals surface area (Å²) < 4.78 is 137. The fraction of sp³-hybridized carbons (Fsp3) is 0.593. The predicted octanol–water partition coefficient (Wildman–Crippen LogP) is 6.63. The molecule has 40 heavy (non-hydrogen) atoms. The Kier molecular flexibility index (Phi) is 6.56. The Balaban J connectivity index is 1.67. The van der Waals surface area contributed by atoms with Gasteiger partial charge in [0.25, 0.3) is 0 Å². The number of fused-ring (bicyclic) bond motifs is 3. The van der Waals surface area contributed by atoms with Crippen molar-refractivity contribution in [1.82, 2.24) is 4.90 Å². The van der Waals surface area contributed by atoms with Crippen molar-refractivity contribution in [3.05, 3.63) is 53.4 Å². The van der Waals surface area contributed by atoms with Crippen LogP contribution in [0.25, 0.3) is 0 Å². The Morgan fingerprint density at radius 1 is 0.975 bits per heavy atom. The summed E-state index contributed by atoms with van der Waals surface area (Å²) in [4.78, 5) is 14.6. The van der Waals surface area contributed by atoms with Crippen LogP contribution >= 0.6 is 0 Å². The standard InChI is InChI=1S/C27H27F8NO3S/c1-23-12-11-18(25(29,26(30,31)32)27(33,34)35)15-17(23)5-10-21-24(23,13-14-36(21)22(37)16-3-2-4-16)40(38,39)20-8-6-19(28)7-9-20/h6-9,11,15-16,21H,2-5,10,12-14H2,1H3/t21-,23?,24+/m0/s1. The second-order valence-electron chi connectivity index (χ2n) is 11.3. The van der Waals surface area contributed by atoms with E-state index in [0.29, 0.717) is 25.0 Å². The number of hydrogen-bond acceptors (Lipinski definition) is 3. The Bertz CT molecular complexity index is 1360. The van der Waals surface area contributed by atoms with Crippen molar-refractivity contribution in [3.63, 3.8) is 0 Å². The van der Waals surface area contributed by atoms with E-state index in [-0.39, 0.29) is 48.1 Å². The number of likely N-dealkylation sites (tertiary alicyclic amines) is 1. The number of amides is 1. The number of alkyl halides is 7. The van der Waals surface area contributed by atoms with Gasteiger partial charge in [0.05, 0.1) is 10.9 Å². The van der Waals surface area contributed by atoms with Crippen LogP contribution in [0.15, 0.2) is 52.5 Å². The van der Waals surface area contributed by atoms with E-state index < -0.39 is 61.9 Å². The van der Waals surface area contributed by atoms with Crippen molar-refractivity contribution < 1.29 is 48.3 Å². The number of hydrogen-bond donors (Lipinski definition) is 0. The minimum absolute atomic E-state index is 0.0258. The zero-order chi connectivity index (χ0) is 29.5. The van der Waals surface area contributed by atoms with Gasteiger partial charge in [-0.05, 0) is 62.8 Å². The van der Waals surface area contributed by atoms with Crippen LogP contribution in [0.1, 0.15) is 51.9 Å². The third kappa shape index (κ3) is 3.74. The Morgan fingerprint density at radius 3 is 2.10 bits per heavy atom. The number of nitrogens with zero attached hydrogens (tertiary/aromatic N) is 1. The average molecular weight is 598 g/mol. The largest absolute Gasteiger partial charge is 0.435 e. The molecule has 0 N–H and O–H groups in total. The van der Waals surface area contributed by atoms with Gasteiger partial charge in [-0.3, -0.25) is 4.79 Å². The lowest BCUT2D eigenvalue weighted by molar-refractivity contribution is -0.325. The summed E-state index contributed by atoms with van der Waals surface area (Å²) in [5.74, 6) is -1.22. The molecule has 1 aromatic rings. The molecule has 4 nitrogen and oxygen atoms in total. The molecule has 3 aliphatic carbocycles. The van der Waals surface area contributed by atoms with E-state index in [9.17, 15) is 43.9 Å². The first kappa shape index (κ1) is 29.1. The number of sulfone groups is 1. The highest BCUT2D eigenvalue weighted by molar-refractivity contribution is 7.93. The summed E-state index contributed by atoms with van der Waals surface area (Å²) in [6.07, 6.45) is -10.4. The molecule has 2 saturated carbocycles. The number of carbonyl (C=O) groups is 1. The monoisotopic (exact) mass is 597 g/mol. The van der Waals surface area contributed by atoms with E-state index in [4.69, 9.17) is 0 Å². The summed E-state index contributed by atoms with van der Waals surface area (Å²) in [6, 6.07) is 3.06. The van der Waals surface area contributed by atoms with Crippen LogP contribution in [0.3, 0.4) is 0 Å². The lowest BCUT2D eigenvalue weighted by Gasteiger charge is -2.56. The maximum atomic E-state index is 15.0. The molecule has 1 heterocycles. The molecule has 3 atom stereocenters. The molecule has 1 unspecified atom stereocenters. The van der Waals surface area contributed by atoms with E-state index in [1.807, 2.05) is 0 Å². The summed E-state index contributed by atoms with van der Waals surface area (Å²) in [5.41, 5.74) is -8.90. The third-order valence-electron chi connectivity index (χ3n) is 9.55. The van der Waals surface area contributed by atoms with Crippen LogP contribution in [0.5, 0.6) is 0 Å². The lowest BCUT2D eigenvalue weighted by atomic mass is 9.57. The molecular weight excluding hydrogens is 570 g/mol. The summed E-state index contributed by atoms with van der Waals surface area (Å²) in [6.45, 7) is 1.47. The van der Waals surface area contributed by atoms with Gasteiger partial charge in [0.1, 0.15) is 10.6 Å². The van der Waals surface area contributed by atoms with E-state index in [2.05, 4.69) is 0 Å². The normalized spacial score (nSPS) is 29.7. The first-order chi connectivity index (χ1) is 18.4. The van der Waals surface area contributed by atoms with Crippen molar-refractivity contribution in [1.29, 1.82) is 0 Å². The van der Waals surface area contributed by atoms with Gasteiger partial charge in [-0.1, -0.05) is 31.1 Å². The second kappa shape index (κ2) is 9.03. The molecular formula is C27H27F8NO3S. The Labute approximate surface area is 226 Å². The number of carbonyl (C=O) groups excluding carboxylic acids is 1. The molecule has 13 heteroatoms. The first-order valence-corrected chi connectivity index (χ1v) is 14.4. The van der Waals surface area contributed by atoms with Gasteiger partial charge in [-0.25, -0.2) is 17.2 Å². The Morgan fingerprint density at radius 2 is 1.57 bits per heavy atom. The Hall–Kier alpha value is -2.44. The van der Waals surface area contributed by atoms with Crippen LogP contribution in [0.2, 0.25) is 0 Å². The van der Waals surface area contributed by atoms with Crippen molar-refractivity contribution in [2.75, 3.05) is 6.54 Å². The fourth-order valence-electron chi connectivity index (χ4n) is 7.14. The molecule has 0 aromatic heterocycles. The van der Waals surface area contributed by atoms with Crippen molar-refractivity contribution >= 4 is 15.7 Å². The molecule has 0 radical (unpaired) electrons. The van der Waals surface area contributed by atoms with Crippen molar-refractivity contribution in [2.45, 2.75) is 85.6 Å². The quantitative estimate of drug-likeness (QED) is 0.289. The average Bonchev–Trinajstić information content (AvgIpc) is 3.23. The predicted molar refractivity (Wildman–Crippen MR) is 128 cm³/mol. The van der Waals surface area contributed by atoms with Gasteiger partial charge in [0.15, 0.2) is 9.84 Å². The van der Waals surface area contributed by atoms with Crippen LogP contribution in [-0.4, -0.2) is 54.6 Å². The third-order valence-corrected chi connectivity index (χ3v) is 12.3. The van der Waals surface area contributed by atoms with Crippen LogP contribution in [0, 0.1) is 17.2 Å². The summed E-state index contributed by atoms with van der Waals surface area (Å²) >= 11 is 0. The number of rotatable bonds is 4. The molecule has 1 saturated heterocycles. The number of halogens is 8. The smallest absolute Gasteiger partial charge is 0.338 e. The van der Waals surface area contributed by atoms with Gasteiger partial charge < -0.3 is 4.90 Å². The summed E-state index contributed by atoms with van der Waals surface area (Å²) in [7, 11) is -4.47. The maximum Gasteiger partial charge on any atom is 0.435 e. The van der Waals surface area contributed by atoms with Crippen LogP contribution in [-0.2, 0) is 14.6 Å². The van der Waals surface area contributed by atoms with Crippen molar-refractivity contribution in [3.8, 4) is 0 Å². The molecule has 1 aliphatic heterocycles. The molecule has 0 bridgehead atoms. The van der Waals surface area contributed by atoms with E-state index in [1.165, 1.54) is 11.8 Å². The molecule has 1 aromatic carbocycles. The zero-order valence-electron chi connectivity index (χ0n) is 21.4. The van der Waals surface area contributed by atoms with Crippen molar-refractivity contribution in [2.24, 2.45) is 11.3 Å². The van der Waals surface area contributed by atoms with E-state index in [1.54, 1.807) is 0 Å². The second-order valence-corrected chi connectivity index (χ2v) is 13.5. The molecule has 3 fully saturated rings. The molecule has 4 aliphatic rings.